The van der Waals surface area contributed by atoms with Crippen molar-refractivity contribution in [2.24, 2.45) is 0 Å². The van der Waals surface area contributed by atoms with Crippen molar-refractivity contribution >= 4 is 6.08 Å². The zero-order valence-corrected chi connectivity index (χ0v) is 9.25. The first kappa shape index (κ1) is 11.3. The molecule has 0 amide bonds. The van der Waals surface area contributed by atoms with Gasteiger partial charge in [-0.1, -0.05) is 29.8 Å². The number of allylic oxidation sites excluding steroid dienone is 2. The van der Waals surface area contributed by atoms with Gasteiger partial charge in [0.1, 0.15) is 0 Å². The quantitative estimate of drug-likeness (QED) is 0.534. The fourth-order valence-electron chi connectivity index (χ4n) is 1.47. The molecule has 0 heterocycles. The van der Waals surface area contributed by atoms with Gasteiger partial charge in [0.2, 0.25) is 0 Å². The van der Waals surface area contributed by atoms with Crippen LogP contribution in [-0.4, -0.2) is 0 Å². The summed E-state index contributed by atoms with van der Waals surface area (Å²) in [6.45, 7) is 7.76. The molecule has 0 saturated heterocycles. The molecule has 0 N–H and O–H groups in total. The zero-order chi connectivity index (χ0) is 11.3. The molecule has 1 rings (SSSR count). The molecular weight excluding hydrogens is 182 g/mol. The Balaban J connectivity index is 3.07. The Kier molecular flexibility index (Phi) is 3.88. The first-order valence-electron chi connectivity index (χ1n) is 4.96. The van der Waals surface area contributed by atoms with E-state index in [2.05, 4.69) is 38.6 Å². The average Bonchev–Trinajstić information content (AvgIpc) is 2.21. The summed E-state index contributed by atoms with van der Waals surface area (Å²) >= 11 is 0. The first-order chi connectivity index (χ1) is 7.17. The Morgan fingerprint density at radius 3 is 2.73 bits per heavy atom. The molecule has 1 aromatic rings. The summed E-state index contributed by atoms with van der Waals surface area (Å²) in [5.41, 5.74) is 4.30. The van der Waals surface area contributed by atoms with Crippen LogP contribution in [0, 0.1) is 25.2 Å². The fourth-order valence-corrected chi connectivity index (χ4v) is 1.47. The van der Waals surface area contributed by atoms with Crippen molar-refractivity contribution in [3.8, 4) is 6.07 Å². The molecule has 0 fully saturated rings. The van der Waals surface area contributed by atoms with Gasteiger partial charge in [0.15, 0.2) is 0 Å². The summed E-state index contributed by atoms with van der Waals surface area (Å²) in [4.78, 5) is 0. The summed E-state index contributed by atoms with van der Waals surface area (Å²) in [5.74, 6) is 0. The minimum absolute atomic E-state index is 0.629. The second-order valence-electron chi connectivity index (χ2n) is 3.63. The molecular formula is C14H15N. The highest BCUT2D eigenvalue weighted by Crippen LogP contribution is 2.15. The third kappa shape index (κ3) is 3.11. The van der Waals surface area contributed by atoms with Crippen LogP contribution >= 0.6 is 0 Å². The standard InChI is InChI=1S/C14H15N/c1-4-5-13(10-15)9-14-7-6-11(2)8-12(14)3/h4,6-9H,1,5H2,2-3H3/b13-9+. The Morgan fingerprint density at radius 2 is 2.20 bits per heavy atom. The lowest BCUT2D eigenvalue weighted by molar-refractivity contribution is 1.29. The molecule has 1 heteroatoms. The molecule has 0 radical (unpaired) electrons. The number of hydrogen-bond acceptors (Lipinski definition) is 1. The third-order valence-corrected chi connectivity index (χ3v) is 2.26. The Morgan fingerprint density at radius 1 is 1.47 bits per heavy atom. The van der Waals surface area contributed by atoms with Crippen LogP contribution < -0.4 is 0 Å². The van der Waals surface area contributed by atoms with Gasteiger partial charge in [0.05, 0.1) is 6.07 Å². The summed E-state index contributed by atoms with van der Waals surface area (Å²) in [6, 6.07) is 8.41. The van der Waals surface area contributed by atoms with Gasteiger partial charge in [0, 0.05) is 12.0 Å². The summed E-state index contributed by atoms with van der Waals surface area (Å²) in [6.07, 6.45) is 4.30. The summed E-state index contributed by atoms with van der Waals surface area (Å²) in [7, 11) is 0. The van der Waals surface area contributed by atoms with Gasteiger partial charge in [-0.15, -0.1) is 6.58 Å². The number of nitriles is 1. The van der Waals surface area contributed by atoms with Gasteiger partial charge < -0.3 is 0 Å². The van der Waals surface area contributed by atoms with E-state index in [1.165, 1.54) is 11.1 Å². The van der Waals surface area contributed by atoms with Crippen molar-refractivity contribution in [3.05, 3.63) is 53.1 Å². The van der Waals surface area contributed by atoms with Gasteiger partial charge in [-0.25, -0.2) is 0 Å². The fraction of sp³-hybridized carbons (Fsp3) is 0.214. The molecule has 0 atom stereocenters. The highest BCUT2D eigenvalue weighted by molar-refractivity contribution is 5.60. The van der Waals surface area contributed by atoms with E-state index in [1.807, 2.05) is 12.1 Å². The number of aryl methyl sites for hydroxylation is 2. The maximum absolute atomic E-state index is 8.90. The Labute approximate surface area is 91.4 Å². The van der Waals surface area contributed by atoms with Crippen LogP contribution in [0.4, 0.5) is 0 Å². The van der Waals surface area contributed by atoms with Gasteiger partial charge in [-0.3, -0.25) is 0 Å². The van der Waals surface area contributed by atoms with Crippen molar-refractivity contribution in [2.75, 3.05) is 0 Å². The molecule has 1 aromatic carbocycles. The van der Waals surface area contributed by atoms with Crippen molar-refractivity contribution in [1.29, 1.82) is 5.26 Å². The number of rotatable bonds is 3. The normalized spacial score (nSPS) is 10.9. The van der Waals surface area contributed by atoms with Crippen molar-refractivity contribution in [3.63, 3.8) is 0 Å². The van der Waals surface area contributed by atoms with Gasteiger partial charge in [-0.2, -0.15) is 5.26 Å². The van der Waals surface area contributed by atoms with E-state index >= 15 is 0 Å². The average molecular weight is 197 g/mol. The molecule has 0 aromatic heterocycles. The number of hydrogen-bond donors (Lipinski definition) is 0. The van der Waals surface area contributed by atoms with E-state index < -0.39 is 0 Å². The van der Waals surface area contributed by atoms with Crippen molar-refractivity contribution in [1.82, 2.24) is 0 Å². The predicted octanol–water partition coefficient (Wildman–Crippen LogP) is 3.79. The van der Waals surface area contributed by atoms with Gasteiger partial charge in [0.25, 0.3) is 0 Å². The van der Waals surface area contributed by atoms with Gasteiger partial charge >= 0.3 is 0 Å². The maximum atomic E-state index is 8.90. The highest BCUT2D eigenvalue weighted by Gasteiger charge is 1.97. The molecule has 76 valence electrons. The lowest BCUT2D eigenvalue weighted by atomic mass is 10.0. The van der Waals surface area contributed by atoms with Crippen molar-refractivity contribution < 1.29 is 0 Å². The molecule has 0 aliphatic rings. The molecule has 0 aliphatic heterocycles. The molecule has 0 unspecified atom stereocenters. The largest absolute Gasteiger partial charge is 0.193 e. The van der Waals surface area contributed by atoms with Crippen LogP contribution in [0.5, 0.6) is 0 Å². The SMILES string of the molecule is C=CC/C(C#N)=C\c1ccc(C)cc1C. The highest BCUT2D eigenvalue weighted by atomic mass is 14.2. The van der Waals surface area contributed by atoms with Crippen LogP contribution in [-0.2, 0) is 0 Å². The minimum Gasteiger partial charge on any atom is -0.193 e. The van der Waals surface area contributed by atoms with Crippen LogP contribution in [0.2, 0.25) is 0 Å². The van der Waals surface area contributed by atoms with Crippen LogP contribution in [0.15, 0.2) is 36.4 Å². The lowest BCUT2D eigenvalue weighted by Gasteiger charge is -2.02. The van der Waals surface area contributed by atoms with E-state index in [1.54, 1.807) is 6.08 Å². The van der Waals surface area contributed by atoms with Crippen molar-refractivity contribution in [2.45, 2.75) is 20.3 Å². The van der Waals surface area contributed by atoms with E-state index in [0.717, 1.165) is 11.1 Å². The molecule has 0 bridgehead atoms. The molecule has 15 heavy (non-hydrogen) atoms. The van der Waals surface area contributed by atoms with E-state index in [9.17, 15) is 0 Å². The zero-order valence-electron chi connectivity index (χ0n) is 9.25. The monoisotopic (exact) mass is 197 g/mol. The van der Waals surface area contributed by atoms with Crippen LogP contribution in [0.25, 0.3) is 6.08 Å². The third-order valence-electron chi connectivity index (χ3n) is 2.26. The number of benzene rings is 1. The van der Waals surface area contributed by atoms with E-state index in [4.69, 9.17) is 5.26 Å². The second-order valence-corrected chi connectivity index (χ2v) is 3.63. The summed E-state index contributed by atoms with van der Waals surface area (Å²) in [5, 5.41) is 8.90. The Bertz CT molecular complexity index is 433. The lowest BCUT2D eigenvalue weighted by Crippen LogP contribution is -1.84. The van der Waals surface area contributed by atoms with Crippen LogP contribution in [0.3, 0.4) is 0 Å². The minimum atomic E-state index is 0.629. The second kappa shape index (κ2) is 5.17. The van der Waals surface area contributed by atoms with E-state index in [0.29, 0.717) is 6.42 Å². The molecule has 1 nitrogen and oxygen atoms in total. The first-order valence-corrected chi connectivity index (χ1v) is 4.96. The maximum Gasteiger partial charge on any atom is 0.0950 e. The molecule has 0 saturated carbocycles. The number of nitrogens with zero attached hydrogens (tertiary/aromatic N) is 1. The topological polar surface area (TPSA) is 23.8 Å². The predicted molar refractivity (Wildman–Crippen MR) is 64.3 cm³/mol. The van der Waals surface area contributed by atoms with Gasteiger partial charge in [-0.05, 0) is 31.1 Å². The van der Waals surface area contributed by atoms with E-state index in [-0.39, 0.29) is 0 Å². The Hall–Kier alpha value is -1.81. The van der Waals surface area contributed by atoms with Crippen LogP contribution in [0.1, 0.15) is 23.1 Å². The summed E-state index contributed by atoms with van der Waals surface area (Å²) < 4.78 is 0. The smallest absolute Gasteiger partial charge is 0.0950 e. The molecule has 0 spiro atoms. The molecule has 0 aliphatic carbocycles.